The van der Waals surface area contributed by atoms with Gasteiger partial charge in [0.25, 0.3) is 0 Å². The molecule has 0 aromatic carbocycles. The molecule has 12 heavy (non-hydrogen) atoms. The summed E-state index contributed by atoms with van der Waals surface area (Å²) in [7, 11) is 0. The van der Waals surface area contributed by atoms with E-state index in [-0.39, 0.29) is 0 Å². The smallest absolute Gasteiger partial charge is 0.0162 e. The van der Waals surface area contributed by atoms with Gasteiger partial charge in [0.1, 0.15) is 0 Å². The Kier molecular flexibility index (Phi) is 2.08. The Balaban J connectivity index is 2.25. The lowest BCUT2D eigenvalue weighted by Gasteiger charge is -2.29. The second kappa shape index (κ2) is 3.08. The lowest BCUT2D eigenvalue weighted by molar-refractivity contribution is 0.428. The molecule has 0 N–H and O–H groups in total. The third-order valence-corrected chi connectivity index (χ3v) is 3.22. The highest BCUT2D eigenvalue weighted by Crippen LogP contribution is 2.36. The zero-order valence-electron chi connectivity index (χ0n) is 8.14. The molecule has 2 atom stereocenters. The number of hydrogen-bond donors (Lipinski definition) is 0. The number of rotatable bonds is 0. The summed E-state index contributed by atoms with van der Waals surface area (Å²) in [5, 5.41) is 0. The summed E-state index contributed by atoms with van der Waals surface area (Å²) in [6, 6.07) is 0. The second-order valence-corrected chi connectivity index (χ2v) is 4.45. The Morgan fingerprint density at radius 1 is 1.25 bits per heavy atom. The monoisotopic (exact) mass is 162 g/mol. The van der Waals surface area contributed by atoms with Crippen LogP contribution in [-0.4, -0.2) is 0 Å². The van der Waals surface area contributed by atoms with Crippen LogP contribution in [0.15, 0.2) is 23.3 Å². The van der Waals surface area contributed by atoms with Crippen LogP contribution in [-0.2, 0) is 0 Å². The fourth-order valence-electron chi connectivity index (χ4n) is 2.41. The van der Waals surface area contributed by atoms with Gasteiger partial charge in [-0.15, -0.1) is 0 Å². The van der Waals surface area contributed by atoms with Crippen molar-refractivity contribution < 1.29 is 0 Å². The maximum absolute atomic E-state index is 2.48. The van der Waals surface area contributed by atoms with Gasteiger partial charge in [-0.2, -0.15) is 0 Å². The van der Waals surface area contributed by atoms with E-state index in [1.807, 2.05) is 0 Å². The van der Waals surface area contributed by atoms with Gasteiger partial charge in [0.05, 0.1) is 0 Å². The molecule has 2 aliphatic rings. The number of allylic oxidation sites excluding steroid dienone is 4. The molecule has 0 aromatic heterocycles. The standard InChI is InChI=1S/C12H18/c1-9-3-5-11-6-4-10(2)8-12(11)7-9/h7-9,11H,3-6H2,1-2H3. The van der Waals surface area contributed by atoms with Crippen LogP contribution in [0.4, 0.5) is 0 Å². The van der Waals surface area contributed by atoms with Crippen LogP contribution in [0.1, 0.15) is 39.5 Å². The van der Waals surface area contributed by atoms with E-state index in [4.69, 9.17) is 0 Å². The first-order chi connectivity index (χ1) is 5.75. The lowest BCUT2D eigenvalue weighted by Crippen LogP contribution is -2.15. The molecule has 2 rings (SSSR count). The predicted molar refractivity (Wildman–Crippen MR) is 53.0 cm³/mol. The van der Waals surface area contributed by atoms with Gasteiger partial charge >= 0.3 is 0 Å². The van der Waals surface area contributed by atoms with Gasteiger partial charge in [-0.1, -0.05) is 24.6 Å². The average Bonchev–Trinajstić information content (AvgIpc) is 2.03. The van der Waals surface area contributed by atoms with E-state index in [1.165, 1.54) is 25.7 Å². The highest BCUT2D eigenvalue weighted by Gasteiger charge is 2.21. The minimum Gasteiger partial charge on any atom is -0.0782 e. The van der Waals surface area contributed by atoms with Crippen LogP contribution in [0.3, 0.4) is 0 Å². The molecule has 0 saturated carbocycles. The maximum Gasteiger partial charge on any atom is -0.0162 e. The van der Waals surface area contributed by atoms with Crippen molar-refractivity contribution in [3.8, 4) is 0 Å². The molecular weight excluding hydrogens is 144 g/mol. The number of hydrogen-bond acceptors (Lipinski definition) is 0. The zero-order chi connectivity index (χ0) is 8.55. The first-order valence-electron chi connectivity index (χ1n) is 5.14. The summed E-state index contributed by atoms with van der Waals surface area (Å²) in [6.45, 7) is 4.59. The summed E-state index contributed by atoms with van der Waals surface area (Å²) in [5.74, 6) is 1.73. The van der Waals surface area contributed by atoms with Crippen LogP contribution < -0.4 is 0 Å². The fourth-order valence-corrected chi connectivity index (χ4v) is 2.41. The van der Waals surface area contributed by atoms with Gasteiger partial charge < -0.3 is 0 Å². The van der Waals surface area contributed by atoms with Crippen molar-refractivity contribution in [1.29, 1.82) is 0 Å². The summed E-state index contributed by atoms with van der Waals surface area (Å²) < 4.78 is 0. The third kappa shape index (κ3) is 1.48. The molecule has 0 heteroatoms. The summed E-state index contributed by atoms with van der Waals surface area (Å²) in [6.07, 6.45) is 10.5. The van der Waals surface area contributed by atoms with Gasteiger partial charge in [-0.3, -0.25) is 0 Å². The first kappa shape index (κ1) is 8.10. The highest BCUT2D eigenvalue weighted by molar-refractivity contribution is 5.30. The molecule has 0 saturated heterocycles. The van der Waals surface area contributed by atoms with Crippen LogP contribution in [0, 0.1) is 11.8 Å². The minimum atomic E-state index is 0.818. The van der Waals surface area contributed by atoms with Crippen molar-refractivity contribution in [2.75, 3.05) is 0 Å². The van der Waals surface area contributed by atoms with Crippen LogP contribution in [0.2, 0.25) is 0 Å². The molecule has 2 aliphatic carbocycles. The molecule has 0 aromatic rings. The Morgan fingerprint density at radius 3 is 2.92 bits per heavy atom. The van der Waals surface area contributed by atoms with Crippen molar-refractivity contribution >= 4 is 0 Å². The van der Waals surface area contributed by atoms with E-state index in [0.29, 0.717) is 0 Å². The fraction of sp³-hybridized carbons (Fsp3) is 0.667. The molecule has 0 aliphatic heterocycles. The van der Waals surface area contributed by atoms with Gasteiger partial charge in [-0.05, 0) is 50.0 Å². The summed E-state index contributed by atoms with van der Waals surface area (Å²) in [5.41, 5.74) is 3.21. The molecule has 0 heterocycles. The van der Waals surface area contributed by atoms with Gasteiger partial charge in [-0.25, -0.2) is 0 Å². The van der Waals surface area contributed by atoms with Crippen LogP contribution in [0.25, 0.3) is 0 Å². The van der Waals surface area contributed by atoms with Crippen molar-refractivity contribution in [3.05, 3.63) is 23.3 Å². The van der Waals surface area contributed by atoms with Crippen LogP contribution >= 0.6 is 0 Å². The van der Waals surface area contributed by atoms with E-state index in [9.17, 15) is 0 Å². The Labute approximate surface area is 75.4 Å². The van der Waals surface area contributed by atoms with E-state index < -0.39 is 0 Å². The molecular formula is C12H18. The lowest BCUT2D eigenvalue weighted by atomic mass is 9.76. The van der Waals surface area contributed by atoms with Crippen molar-refractivity contribution in [3.63, 3.8) is 0 Å². The molecule has 0 nitrogen and oxygen atoms in total. The third-order valence-electron chi connectivity index (χ3n) is 3.22. The normalized spacial score (nSPS) is 35.2. The minimum absolute atomic E-state index is 0.818. The van der Waals surface area contributed by atoms with Gasteiger partial charge in [0, 0.05) is 0 Å². The second-order valence-electron chi connectivity index (χ2n) is 4.45. The molecule has 66 valence electrons. The largest absolute Gasteiger partial charge is 0.0782 e. The average molecular weight is 162 g/mol. The van der Waals surface area contributed by atoms with Crippen molar-refractivity contribution in [1.82, 2.24) is 0 Å². The Hall–Kier alpha value is -0.520. The molecule has 2 unspecified atom stereocenters. The Bertz CT molecular complexity index is 232. The topological polar surface area (TPSA) is 0 Å². The van der Waals surface area contributed by atoms with Crippen molar-refractivity contribution in [2.24, 2.45) is 11.8 Å². The van der Waals surface area contributed by atoms with Crippen LogP contribution in [0.5, 0.6) is 0 Å². The SMILES string of the molecule is CC1=CC2=CC(C)CCC2CC1. The summed E-state index contributed by atoms with van der Waals surface area (Å²) in [4.78, 5) is 0. The Morgan fingerprint density at radius 2 is 2.08 bits per heavy atom. The first-order valence-corrected chi connectivity index (χ1v) is 5.14. The molecule has 0 fully saturated rings. The van der Waals surface area contributed by atoms with Gasteiger partial charge in [0.15, 0.2) is 0 Å². The van der Waals surface area contributed by atoms with E-state index in [0.717, 1.165) is 11.8 Å². The molecule has 0 spiro atoms. The van der Waals surface area contributed by atoms with E-state index in [1.54, 1.807) is 11.1 Å². The van der Waals surface area contributed by atoms with E-state index in [2.05, 4.69) is 26.0 Å². The quantitative estimate of drug-likeness (QED) is 0.509. The van der Waals surface area contributed by atoms with Crippen molar-refractivity contribution in [2.45, 2.75) is 39.5 Å². The molecule has 0 amide bonds. The zero-order valence-corrected chi connectivity index (χ0v) is 8.14. The van der Waals surface area contributed by atoms with Gasteiger partial charge in [0.2, 0.25) is 0 Å². The molecule has 0 radical (unpaired) electrons. The summed E-state index contributed by atoms with van der Waals surface area (Å²) >= 11 is 0. The molecule has 0 bridgehead atoms. The maximum atomic E-state index is 2.48. The highest BCUT2D eigenvalue weighted by atomic mass is 14.3. The number of fused-ring (bicyclic) bond motifs is 1. The predicted octanol–water partition coefficient (Wildman–Crippen LogP) is 3.70. The van der Waals surface area contributed by atoms with E-state index >= 15 is 0 Å².